The molecule has 19 heavy (non-hydrogen) atoms. The van der Waals surface area contributed by atoms with Crippen LogP contribution in [0.1, 0.15) is 51.4 Å². The van der Waals surface area contributed by atoms with E-state index in [1.54, 1.807) is 0 Å². The van der Waals surface area contributed by atoms with Gasteiger partial charge >= 0.3 is 5.97 Å². The standard InChI is InChI=1S/C15H28N2O2/c1-19-15(18)9-5-11-17-14-8-4-6-12(14)13-7-2-3-10-16-13/h12-14,16-17H,2-11H2,1H3. The van der Waals surface area contributed by atoms with Gasteiger partial charge in [-0.3, -0.25) is 4.79 Å². The smallest absolute Gasteiger partial charge is 0.305 e. The lowest BCUT2D eigenvalue weighted by molar-refractivity contribution is -0.140. The molecule has 2 aliphatic rings. The van der Waals surface area contributed by atoms with Gasteiger partial charge in [-0.1, -0.05) is 12.8 Å². The summed E-state index contributed by atoms with van der Waals surface area (Å²) >= 11 is 0. The molecule has 110 valence electrons. The third-order valence-corrected chi connectivity index (χ3v) is 4.63. The summed E-state index contributed by atoms with van der Waals surface area (Å²) in [6.45, 7) is 2.12. The number of carbonyl (C=O) groups is 1. The van der Waals surface area contributed by atoms with E-state index in [1.165, 1.54) is 52.2 Å². The fourth-order valence-electron chi connectivity index (χ4n) is 3.59. The highest BCUT2D eigenvalue weighted by Crippen LogP contribution is 2.31. The van der Waals surface area contributed by atoms with E-state index in [4.69, 9.17) is 0 Å². The Balaban J connectivity index is 1.68. The monoisotopic (exact) mass is 268 g/mol. The Morgan fingerprint density at radius 3 is 2.89 bits per heavy atom. The highest BCUT2D eigenvalue weighted by Gasteiger charge is 2.33. The molecule has 1 aliphatic heterocycles. The fraction of sp³-hybridized carbons (Fsp3) is 0.933. The van der Waals surface area contributed by atoms with Gasteiger partial charge in [0.1, 0.15) is 0 Å². The first kappa shape index (κ1) is 14.8. The van der Waals surface area contributed by atoms with Gasteiger partial charge in [0.05, 0.1) is 7.11 Å². The maximum absolute atomic E-state index is 11.1. The molecule has 1 heterocycles. The van der Waals surface area contributed by atoms with Crippen molar-refractivity contribution in [3.8, 4) is 0 Å². The summed E-state index contributed by atoms with van der Waals surface area (Å²) in [6, 6.07) is 1.36. The van der Waals surface area contributed by atoms with Crippen LogP contribution in [0, 0.1) is 5.92 Å². The Kier molecular flexibility index (Phi) is 6.11. The molecule has 0 spiro atoms. The van der Waals surface area contributed by atoms with Crippen LogP contribution in [0.2, 0.25) is 0 Å². The Bertz CT molecular complexity index is 277. The molecule has 1 aliphatic carbocycles. The van der Waals surface area contributed by atoms with E-state index in [-0.39, 0.29) is 5.97 Å². The molecule has 3 atom stereocenters. The number of methoxy groups -OCH3 is 1. The molecular formula is C15H28N2O2. The number of hydrogen-bond donors (Lipinski definition) is 2. The number of ether oxygens (including phenoxy) is 1. The Labute approximate surface area is 116 Å². The molecule has 2 rings (SSSR count). The van der Waals surface area contributed by atoms with Crippen LogP contribution in [-0.4, -0.2) is 38.3 Å². The maximum atomic E-state index is 11.1. The number of rotatable bonds is 6. The first-order chi connectivity index (χ1) is 9.31. The van der Waals surface area contributed by atoms with Gasteiger partial charge in [-0.05, 0) is 51.1 Å². The van der Waals surface area contributed by atoms with E-state index in [2.05, 4.69) is 15.4 Å². The van der Waals surface area contributed by atoms with Crippen LogP contribution in [0.25, 0.3) is 0 Å². The molecule has 2 N–H and O–H groups in total. The van der Waals surface area contributed by atoms with Crippen molar-refractivity contribution in [2.24, 2.45) is 5.92 Å². The van der Waals surface area contributed by atoms with Crippen molar-refractivity contribution in [3.63, 3.8) is 0 Å². The lowest BCUT2D eigenvalue weighted by Gasteiger charge is -2.33. The summed E-state index contributed by atoms with van der Waals surface area (Å²) in [7, 11) is 1.46. The second-order valence-electron chi connectivity index (χ2n) is 5.89. The van der Waals surface area contributed by atoms with E-state index in [1.807, 2.05) is 0 Å². The first-order valence-corrected chi connectivity index (χ1v) is 7.85. The zero-order valence-corrected chi connectivity index (χ0v) is 12.1. The number of carbonyl (C=O) groups excluding carboxylic acids is 1. The van der Waals surface area contributed by atoms with Crippen molar-refractivity contribution in [3.05, 3.63) is 0 Å². The highest BCUT2D eigenvalue weighted by molar-refractivity contribution is 5.69. The van der Waals surface area contributed by atoms with Gasteiger partial charge in [-0.15, -0.1) is 0 Å². The van der Waals surface area contributed by atoms with Crippen molar-refractivity contribution in [1.29, 1.82) is 0 Å². The zero-order chi connectivity index (χ0) is 13.5. The summed E-state index contributed by atoms with van der Waals surface area (Å²) in [5.74, 6) is 0.692. The average Bonchev–Trinajstić information content (AvgIpc) is 2.92. The normalized spacial score (nSPS) is 31.3. The van der Waals surface area contributed by atoms with Crippen molar-refractivity contribution in [2.75, 3.05) is 20.2 Å². The minimum Gasteiger partial charge on any atom is -0.469 e. The Hall–Kier alpha value is -0.610. The van der Waals surface area contributed by atoms with Gasteiger partial charge in [0, 0.05) is 18.5 Å². The first-order valence-electron chi connectivity index (χ1n) is 7.85. The van der Waals surface area contributed by atoms with E-state index < -0.39 is 0 Å². The quantitative estimate of drug-likeness (QED) is 0.570. The van der Waals surface area contributed by atoms with Gasteiger partial charge in [-0.2, -0.15) is 0 Å². The van der Waals surface area contributed by atoms with Crippen molar-refractivity contribution >= 4 is 5.97 Å². The molecule has 0 bridgehead atoms. The van der Waals surface area contributed by atoms with Crippen LogP contribution in [-0.2, 0) is 9.53 Å². The van der Waals surface area contributed by atoms with Crippen LogP contribution < -0.4 is 10.6 Å². The zero-order valence-electron chi connectivity index (χ0n) is 12.1. The predicted molar refractivity (Wildman–Crippen MR) is 76.0 cm³/mol. The third kappa shape index (κ3) is 4.46. The van der Waals surface area contributed by atoms with Gasteiger partial charge in [-0.25, -0.2) is 0 Å². The van der Waals surface area contributed by atoms with Crippen LogP contribution in [0.15, 0.2) is 0 Å². The van der Waals surface area contributed by atoms with Gasteiger partial charge in [0.25, 0.3) is 0 Å². The van der Waals surface area contributed by atoms with E-state index in [0.29, 0.717) is 18.5 Å². The molecule has 1 saturated heterocycles. The van der Waals surface area contributed by atoms with Crippen molar-refractivity contribution < 1.29 is 9.53 Å². The van der Waals surface area contributed by atoms with Gasteiger partial charge in [0.2, 0.25) is 0 Å². The summed E-state index contributed by atoms with van der Waals surface area (Å²) < 4.78 is 4.66. The molecule has 0 amide bonds. The molecule has 0 radical (unpaired) electrons. The molecule has 4 nitrogen and oxygen atoms in total. The molecule has 0 aromatic rings. The lowest BCUT2D eigenvalue weighted by Crippen LogP contribution is -2.47. The van der Waals surface area contributed by atoms with Crippen LogP contribution >= 0.6 is 0 Å². The van der Waals surface area contributed by atoms with Crippen molar-refractivity contribution in [2.45, 2.75) is 63.5 Å². The number of nitrogens with one attached hydrogen (secondary N) is 2. The molecule has 0 aromatic carbocycles. The second-order valence-corrected chi connectivity index (χ2v) is 5.89. The topological polar surface area (TPSA) is 50.4 Å². The summed E-state index contributed by atoms with van der Waals surface area (Å²) in [4.78, 5) is 11.1. The second kappa shape index (κ2) is 7.85. The summed E-state index contributed by atoms with van der Waals surface area (Å²) in [5.41, 5.74) is 0. The predicted octanol–water partition coefficient (Wildman–Crippen LogP) is 1.84. The minimum absolute atomic E-state index is 0.0984. The van der Waals surface area contributed by atoms with Gasteiger partial charge < -0.3 is 15.4 Å². The van der Waals surface area contributed by atoms with E-state index in [9.17, 15) is 4.79 Å². The van der Waals surface area contributed by atoms with Crippen LogP contribution in [0.3, 0.4) is 0 Å². The number of esters is 1. The number of hydrogen-bond acceptors (Lipinski definition) is 4. The number of piperidine rings is 1. The van der Waals surface area contributed by atoms with E-state index in [0.717, 1.165) is 18.9 Å². The van der Waals surface area contributed by atoms with Crippen molar-refractivity contribution in [1.82, 2.24) is 10.6 Å². The Morgan fingerprint density at radius 1 is 1.26 bits per heavy atom. The molecule has 3 unspecified atom stereocenters. The largest absolute Gasteiger partial charge is 0.469 e. The summed E-state index contributed by atoms with van der Waals surface area (Å²) in [5, 5.41) is 7.36. The molecule has 1 saturated carbocycles. The highest BCUT2D eigenvalue weighted by atomic mass is 16.5. The van der Waals surface area contributed by atoms with Gasteiger partial charge in [0.15, 0.2) is 0 Å². The minimum atomic E-state index is -0.0984. The average molecular weight is 268 g/mol. The molecule has 0 aromatic heterocycles. The van der Waals surface area contributed by atoms with E-state index >= 15 is 0 Å². The molecule has 4 heteroatoms. The lowest BCUT2D eigenvalue weighted by atomic mass is 9.88. The maximum Gasteiger partial charge on any atom is 0.305 e. The van der Waals surface area contributed by atoms with Crippen LogP contribution in [0.4, 0.5) is 0 Å². The van der Waals surface area contributed by atoms with Crippen LogP contribution in [0.5, 0.6) is 0 Å². The fourth-order valence-corrected chi connectivity index (χ4v) is 3.59. The summed E-state index contributed by atoms with van der Waals surface area (Å²) in [6.07, 6.45) is 9.45. The SMILES string of the molecule is COC(=O)CCCNC1CCCC1C1CCCCN1. The third-order valence-electron chi connectivity index (χ3n) is 4.63. The molecular weight excluding hydrogens is 240 g/mol. The molecule has 2 fully saturated rings. The Morgan fingerprint density at radius 2 is 2.16 bits per heavy atom.